The van der Waals surface area contributed by atoms with Crippen LogP contribution in [0.15, 0.2) is 12.1 Å². The SMILES string of the molecule is Cc1ccc(F)c(C(N)C2C3CC4CC(C3)CC2C4)c1F. The van der Waals surface area contributed by atoms with Gasteiger partial charge in [0, 0.05) is 11.6 Å². The lowest BCUT2D eigenvalue weighted by atomic mass is 9.50. The first-order chi connectivity index (χ1) is 10.0. The maximum atomic E-state index is 14.4. The molecule has 0 aromatic heterocycles. The molecule has 1 nitrogen and oxygen atoms in total. The van der Waals surface area contributed by atoms with Gasteiger partial charge in [-0.3, -0.25) is 0 Å². The molecule has 4 aliphatic carbocycles. The van der Waals surface area contributed by atoms with Crippen LogP contribution in [0.1, 0.15) is 49.3 Å². The van der Waals surface area contributed by atoms with E-state index < -0.39 is 17.7 Å². The van der Waals surface area contributed by atoms with Crippen LogP contribution >= 0.6 is 0 Å². The molecular formula is C18H23F2N. The second-order valence-electron chi connectivity index (χ2n) is 7.63. The fourth-order valence-electron chi connectivity index (χ4n) is 5.73. The van der Waals surface area contributed by atoms with Gasteiger partial charge >= 0.3 is 0 Å². The van der Waals surface area contributed by atoms with Crippen molar-refractivity contribution in [3.05, 3.63) is 34.9 Å². The number of nitrogens with two attached hydrogens (primary N) is 1. The quantitative estimate of drug-likeness (QED) is 0.861. The molecule has 0 amide bonds. The topological polar surface area (TPSA) is 26.0 Å². The first-order valence-electron chi connectivity index (χ1n) is 8.24. The lowest BCUT2D eigenvalue weighted by Gasteiger charge is -2.56. The summed E-state index contributed by atoms with van der Waals surface area (Å²) in [5.41, 5.74) is 7.03. The highest BCUT2D eigenvalue weighted by molar-refractivity contribution is 5.30. The molecule has 1 aromatic rings. The average molecular weight is 291 g/mol. The highest BCUT2D eigenvalue weighted by Gasteiger charge is 2.50. The Morgan fingerprint density at radius 2 is 1.57 bits per heavy atom. The van der Waals surface area contributed by atoms with Crippen LogP contribution in [-0.2, 0) is 0 Å². The van der Waals surface area contributed by atoms with Gasteiger partial charge < -0.3 is 5.73 Å². The Morgan fingerprint density at radius 1 is 1.00 bits per heavy atom. The molecule has 4 bridgehead atoms. The lowest BCUT2D eigenvalue weighted by Crippen LogP contribution is -2.49. The van der Waals surface area contributed by atoms with Gasteiger partial charge in [-0.1, -0.05) is 6.07 Å². The second kappa shape index (κ2) is 4.77. The lowest BCUT2D eigenvalue weighted by molar-refractivity contribution is -0.0479. The number of hydrogen-bond donors (Lipinski definition) is 1. The van der Waals surface area contributed by atoms with Crippen molar-refractivity contribution in [3.63, 3.8) is 0 Å². The van der Waals surface area contributed by atoms with E-state index in [1.54, 1.807) is 6.92 Å². The molecule has 1 aromatic carbocycles. The minimum absolute atomic E-state index is 0.132. The summed E-state index contributed by atoms with van der Waals surface area (Å²) in [4.78, 5) is 0. The third kappa shape index (κ3) is 2.04. The molecule has 0 aliphatic heterocycles. The minimum atomic E-state index is -0.486. The summed E-state index contributed by atoms with van der Waals surface area (Å²) in [5, 5.41) is 0. The standard InChI is InChI=1S/C18H23F2N/c1-9-2-3-14(19)16(17(9)20)18(21)15-12-5-10-4-11(7-12)8-13(15)6-10/h2-3,10-13,15,18H,4-8,21H2,1H3. The molecule has 1 atom stereocenters. The predicted octanol–water partition coefficient (Wildman–Crippen LogP) is 4.35. The van der Waals surface area contributed by atoms with Crippen molar-refractivity contribution in [2.24, 2.45) is 35.3 Å². The summed E-state index contributed by atoms with van der Waals surface area (Å²) >= 11 is 0. The fourth-order valence-corrected chi connectivity index (χ4v) is 5.73. The van der Waals surface area contributed by atoms with E-state index in [4.69, 9.17) is 5.73 Å². The number of benzene rings is 1. The molecular weight excluding hydrogens is 268 g/mol. The maximum Gasteiger partial charge on any atom is 0.133 e. The van der Waals surface area contributed by atoms with E-state index in [-0.39, 0.29) is 11.5 Å². The van der Waals surface area contributed by atoms with Crippen molar-refractivity contribution in [3.8, 4) is 0 Å². The molecule has 4 aliphatic rings. The second-order valence-corrected chi connectivity index (χ2v) is 7.63. The molecule has 5 rings (SSSR count). The van der Waals surface area contributed by atoms with Gasteiger partial charge in [0.25, 0.3) is 0 Å². The Bertz CT molecular complexity index is 541. The van der Waals surface area contributed by atoms with Crippen LogP contribution in [0.4, 0.5) is 8.78 Å². The van der Waals surface area contributed by atoms with E-state index in [1.807, 2.05) is 0 Å². The number of hydrogen-bond acceptors (Lipinski definition) is 1. The third-order valence-corrected chi connectivity index (χ3v) is 6.37. The smallest absolute Gasteiger partial charge is 0.133 e. The summed E-state index contributed by atoms with van der Waals surface area (Å²) in [6.45, 7) is 1.68. The van der Waals surface area contributed by atoms with Gasteiger partial charge in [0.2, 0.25) is 0 Å². The van der Waals surface area contributed by atoms with E-state index in [0.29, 0.717) is 17.4 Å². The first kappa shape index (κ1) is 13.7. The van der Waals surface area contributed by atoms with Gasteiger partial charge in [-0.15, -0.1) is 0 Å². The Labute approximate surface area is 124 Å². The van der Waals surface area contributed by atoms with E-state index in [9.17, 15) is 8.78 Å². The number of rotatable bonds is 2. The van der Waals surface area contributed by atoms with Gasteiger partial charge in [-0.25, -0.2) is 8.78 Å². The van der Waals surface area contributed by atoms with Gasteiger partial charge in [-0.2, -0.15) is 0 Å². The maximum absolute atomic E-state index is 14.4. The predicted molar refractivity (Wildman–Crippen MR) is 78.6 cm³/mol. The van der Waals surface area contributed by atoms with Crippen LogP contribution in [0.25, 0.3) is 0 Å². The normalized spacial score (nSPS) is 38.8. The van der Waals surface area contributed by atoms with Crippen molar-refractivity contribution in [2.75, 3.05) is 0 Å². The largest absolute Gasteiger partial charge is 0.324 e. The molecule has 4 saturated carbocycles. The molecule has 114 valence electrons. The molecule has 1 unspecified atom stereocenters. The van der Waals surface area contributed by atoms with E-state index in [1.165, 1.54) is 44.2 Å². The van der Waals surface area contributed by atoms with Gasteiger partial charge in [0.15, 0.2) is 0 Å². The van der Waals surface area contributed by atoms with Crippen LogP contribution in [0.5, 0.6) is 0 Å². The molecule has 4 fully saturated rings. The first-order valence-corrected chi connectivity index (χ1v) is 8.24. The third-order valence-electron chi connectivity index (χ3n) is 6.37. The van der Waals surface area contributed by atoms with Gasteiger partial charge in [0.1, 0.15) is 11.6 Å². The molecule has 2 N–H and O–H groups in total. The van der Waals surface area contributed by atoms with Crippen molar-refractivity contribution < 1.29 is 8.78 Å². The summed E-state index contributed by atoms with van der Waals surface area (Å²) in [5.74, 6) is 2.22. The van der Waals surface area contributed by atoms with Crippen molar-refractivity contribution >= 4 is 0 Å². The Balaban J connectivity index is 1.69. The summed E-state index contributed by atoms with van der Waals surface area (Å²) in [6, 6.07) is 2.38. The fraction of sp³-hybridized carbons (Fsp3) is 0.667. The van der Waals surface area contributed by atoms with Crippen LogP contribution in [0.2, 0.25) is 0 Å². The zero-order valence-corrected chi connectivity index (χ0v) is 12.5. The van der Waals surface area contributed by atoms with E-state index >= 15 is 0 Å². The van der Waals surface area contributed by atoms with E-state index in [2.05, 4.69) is 0 Å². The zero-order chi connectivity index (χ0) is 14.7. The average Bonchev–Trinajstić information content (AvgIpc) is 2.42. The molecule has 0 saturated heterocycles. The van der Waals surface area contributed by atoms with Crippen LogP contribution in [-0.4, -0.2) is 0 Å². The molecule has 3 heteroatoms. The minimum Gasteiger partial charge on any atom is -0.324 e. The van der Waals surface area contributed by atoms with Crippen LogP contribution < -0.4 is 5.73 Å². The molecule has 0 spiro atoms. The monoisotopic (exact) mass is 291 g/mol. The van der Waals surface area contributed by atoms with Crippen molar-refractivity contribution in [2.45, 2.75) is 45.1 Å². The Hall–Kier alpha value is -0.960. The highest BCUT2D eigenvalue weighted by atomic mass is 19.1. The number of halogens is 2. The summed E-state index contributed by atoms with van der Waals surface area (Å²) < 4.78 is 28.6. The van der Waals surface area contributed by atoms with Gasteiger partial charge in [0.05, 0.1) is 0 Å². The van der Waals surface area contributed by atoms with Crippen LogP contribution in [0, 0.1) is 48.1 Å². The molecule has 0 heterocycles. The van der Waals surface area contributed by atoms with Gasteiger partial charge in [-0.05, 0) is 80.2 Å². The summed E-state index contributed by atoms with van der Waals surface area (Å²) in [6.07, 6.45) is 6.27. The summed E-state index contributed by atoms with van der Waals surface area (Å²) in [7, 11) is 0. The molecule has 21 heavy (non-hydrogen) atoms. The van der Waals surface area contributed by atoms with Crippen molar-refractivity contribution in [1.29, 1.82) is 0 Å². The Kier molecular flexibility index (Phi) is 3.11. The van der Waals surface area contributed by atoms with Crippen molar-refractivity contribution in [1.82, 2.24) is 0 Å². The zero-order valence-electron chi connectivity index (χ0n) is 12.5. The van der Waals surface area contributed by atoms with E-state index in [0.717, 1.165) is 11.8 Å². The molecule has 0 radical (unpaired) electrons. The highest BCUT2D eigenvalue weighted by Crippen LogP contribution is 2.59. The van der Waals surface area contributed by atoms with Crippen LogP contribution in [0.3, 0.4) is 0 Å². The number of aryl methyl sites for hydroxylation is 1. The Morgan fingerprint density at radius 3 is 2.14 bits per heavy atom.